The van der Waals surface area contributed by atoms with Crippen LogP contribution in [0.1, 0.15) is 439 Å². The Balaban J connectivity index is 5.28. The first-order valence-corrected chi connectivity index (χ1v) is 45.9. The monoisotopic (exact) mass is 1490 g/mol. The van der Waals surface area contributed by atoms with Gasteiger partial charge in [0.15, 0.2) is 12.2 Å². The number of unbranched alkanes of at least 4 members (excludes halogenated alkanes) is 55. The third-order valence-electron chi connectivity index (χ3n) is 19.3. The first kappa shape index (κ1) is 99.8. The van der Waals surface area contributed by atoms with Crippen LogP contribution in [0, 0.1) is 0 Å². The van der Waals surface area contributed by atoms with Gasteiger partial charge in [-0.3, -0.25) is 37.3 Å². The molecule has 604 valence electrons. The molecule has 102 heavy (non-hydrogen) atoms. The van der Waals surface area contributed by atoms with Crippen LogP contribution in [0.2, 0.25) is 0 Å². The van der Waals surface area contributed by atoms with Gasteiger partial charge in [0.25, 0.3) is 0 Å². The SMILES string of the molecule is CCCCCCCC/C=C\CCCCCCCC(=O)OC[C@H](COP(=O)(O)OC[C@H](O)COP(=O)(O)OC[C@@H](COC(=O)CCCCCCCCCCCCCCCCCCC)OC(=O)CCCCCCCCCCCCCCCCC)OC(=O)CCCCCCCCCCCCCCCCC. The molecule has 5 atom stereocenters. The fraction of sp³-hybridized carbons (Fsp3) is 0.928. The van der Waals surface area contributed by atoms with Crippen molar-refractivity contribution in [1.82, 2.24) is 0 Å². The van der Waals surface area contributed by atoms with E-state index in [1.165, 1.54) is 250 Å². The van der Waals surface area contributed by atoms with Crippen molar-refractivity contribution in [3.05, 3.63) is 12.2 Å². The lowest BCUT2D eigenvalue weighted by Crippen LogP contribution is -2.30. The fourth-order valence-electron chi connectivity index (χ4n) is 12.7. The second-order valence-electron chi connectivity index (χ2n) is 29.5. The maximum Gasteiger partial charge on any atom is 0.472 e. The summed E-state index contributed by atoms with van der Waals surface area (Å²) in [7, 11) is -9.93. The Bertz CT molecular complexity index is 1980. The minimum atomic E-state index is -4.96. The number of rotatable bonds is 83. The maximum atomic E-state index is 13.1. The Morgan fingerprint density at radius 1 is 0.265 bits per heavy atom. The van der Waals surface area contributed by atoms with Crippen molar-refractivity contribution in [3.8, 4) is 0 Å². The van der Waals surface area contributed by atoms with Crippen LogP contribution in [-0.4, -0.2) is 96.7 Å². The minimum Gasteiger partial charge on any atom is -0.462 e. The van der Waals surface area contributed by atoms with Crippen LogP contribution in [-0.2, 0) is 65.4 Å². The van der Waals surface area contributed by atoms with Crippen molar-refractivity contribution < 1.29 is 80.2 Å². The molecule has 17 nitrogen and oxygen atoms in total. The number of esters is 4. The molecular formula is C83H160O17P2. The summed E-state index contributed by atoms with van der Waals surface area (Å²) in [6.45, 7) is 5.02. The summed E-state index contributed by atoms with van der Waals surface area (Å²) in [4.78, 5) is 73.2. The molecule has 0 aliphatic carbocycles. The average molecular weight is 1490 g/mol. The van der Waals surface area contributed by atoms with E-state index in [1.807, 2.05) is 0 Å². The molecule has 0 amide bonds. The number of phosphoric acid groups is 2. The Hall–Kier alpha value is -2.20. The molecule has 19 heteroatoms. The van der Waals surface area contributed by atoms with E-state index in [2.05, 4.69) is 39.8 Å². The van der Waals surface area contributed by atoms with Gasteiger partial charge in [-0.25, -0.2) is 9.13 Å². The summed E-state index contributed by atoms with van der Waals surface area (Å²) in [5.74, 6) is -2.12. The standard InChI is InChI=1S/C83H160O17P2/c1-5-9-13-17-21-25-29-33-37-38-42-44-48-52-56-60-64-68-81(86)94-74-79(100-83(88)70-66-62-58-54-50-46-41-36-32-28-24-20-16-12-8-4)76-98-102(91,92)96-72-77(84)71-95-101(89,90)97-75-78(99-82(87)69-65-61-57-53-49-45-40-35-31-27-23-19-15-11-7-3)73-93-80(85)67-63-59-55-51-47-43-39-34-30-26-22-18-14-10-6-2/h34,39,77-79,84H,5-33,35-38,40-76H2,1-4H3,(H,89,90)(H,91,92)/b39-34-/t77-,78+,79+/m0/s1. The summed E-state index contributed by atoms with van der Waals surface area (Å²) in [6.07, 6.45) is 71.7. The molecule has 0 heterocycles. The topological polar surface area (TPSA) is 237 Å². The van der Waals surface area contributed by atoms with E-state index in [4.69, 9.17) is 37.0 Å². The molecule has 0 bridgehead atoms. The number of carbonyl (C=O) groups excluding carboxylic acids is 4. The lowest BCUT2D eigenvalue weighted by molar-refractivity contribution is -0.161. The van der Waals surface area contributed by atoms with Crippen LogP contribution in [0.3, 0.4) is 0 Å². The van der Waals surface area contributed by atoms with Gasteiger partial charge in [-0.05, 0) is 51.4 Å². The normalized spacial score (nSPS) is 13.8. The molecule has 0 rings (SSSR count). The average Bonchev–Trinajstić information content (AvgIpc) is 0.926. The molecular weight excluding hydrogens is 1330 g/mol. The quantitative estimate of drug-likeness (QED) is 0.0169. The third-order valence-corrected chi connectivity index (χ3v) is 21.2. The van der Waals surface area contributed by atoms with E-state index < -0.39 is 97.5 Å². The molecule has 0 aliphatic heterocycles. The smallest absolute Gasteiger partial charge is 0.462 e. The number of aliphatic hydroxyl groups is 1. The number of hydrogen-bond donors (Lipinski definition) is 3. The first-order chi connectivity index (χ1) is 49.7. The van der Waals surface area contributed by atoms with E-state index in [0.717, 1.165) is 109 Å². The van der Waals surface area contributed by atoms with Crippen LogP contribution in [0.5, 0.6) is 0 Å². The molecule has 3 N–H and O–H groups in total. The number of allylic oxidation sites excluding steroid dienone is 2. The Morgan fingerprint density at radius 3 is 0.676 bits per heavy atom. The van der Waals surface area contributed by atoms with Crippen molar-refractivity contribution in [3.63, 3.8) is 0 Å². The van der Waals surface area contributed by atoms with Gasteiger partial charge >= 0.3 is 39.5 Å². The highest BCUT2D eigenvalue weighted by atomic mass is 31.2. The van der Waals surface area contributed by atoms with E-state index in [-0.39, 0.29) is 25.7 Å². The number of hydrogen-bond acceptors (Lipinski definition) is 15. The second kappa shape index (κ2) is 77.0. The second-order valence-corrected chi connectivity index (χ2v) is 32.4. The van der Waals surface area contributed by atoms with Crippen LogP contribution in [0.4, 0.5) is 0 Å². The number of aliphatic hydroxyl groups excluding tert-OH is 1. The predicted molar refractivity (Wildman–Crippen MR) is 418 cm³/mol. The Morgan fingerprint density at radius 2 is 0.451 bits per heavy atom. The molecule has 0 aromatic rings. The molecule has 0 spiro atoms. The van der Waals surface area contributed by atoms with Crippen molar-refractivity contribution in [2.75, 3.05) is 39.6 Å². The van der Waals surface area contributed by atoms with Crippen molar-refractivity contribution in [1.29, 1.82) is 0 Å². The molecule has 0 aromatic carbocycles. The molecule has 0 radical (unpaired) electrons. The molecule has 2 unspecified atom stereocenters. The van der Waals surface area contributed by atoms with Gasteiger partial charge in [-0.15, -0.1) is 0 Å². The van der Waals surface area contributed by atoms with Gasteiger partial charge in [-0.2, -0.15) is 0 Å². The van der Waals surface area contributed by atoms with Crippen molar-refractivity contribution in [2.45, 2.75) is 457 Å². The van der Waals surface area contributed by atoms with Crippen molar-refractivity contribution >= 4 is 39.5 Å². The molecule has 0 saturated heterocycles. The summed E-state index contributed by atoms with van der Waals surface area (Å²) in [6, 6.07) is 0. The van der Waals surface area contributed by atoms with Gasteiger partial charge in [0.1, 0.15) is 19.3 Å². The van der Waals surface area contributed by atoms with E-state index in [9.17, 15) is 43.2 Å². The van der Waals surface area contributed by atoms with Crippen LogP contribution in [0.15, 0.2) is 12.2 Å². The predicted octanol–water partition coefficient (Wildman–Crippen LogP) is 25.1. The molecule has 0 aliphatic rings. The van der Waals surface area contributed by atoms with Gasteiger partial charge < -0.3 is 33.8 Å². The number of carbonyl (C=O) groups is 4. The summed E-state index contributed by atoms with van der Waals surface area (Å²) >= 11 is 0. The zero-order chi connectivity index (χ0) is 74.6. The maximum absolute atomic E-state index is 13.1. The van der Waals surface area contributed by atoms with Crippen molar-refractivity contribution in [2.24, 2.45) is 0 Å². The zero-order valence-electron chi connectivity index (χ0n) is 66.3. The minimum absolute atomic E-state index is 0.105. The van der Waals surface area contributed by atoms with E-state index in [0.29, 0.717) is 25.7 Å². The number of phosphoric ester groups is 2. The van der Waals surface area contributed by atoms with Crippen LogP contribution in [0.25, 0.3) is 0 Å². The highest BCUT2D eigenvalue weighted by molar-refractivity contribution is 7.47. The van der Waals surface area contributed by atoms with E-state index in [1.54, 1.807) is 0 Å². The fourth-order valence-corrected chi connectivity index (χ4v) is 14.3. The zero-order valence-corrected chi connectivity index (χ0v) is 68.1. The molecule has 0 aromatic heterocycles. The lowest BCUT2D eigenvalue weighted by Gasteiger charge is -2.21. The Labute approximate surface area is 625 Å². The highest BCUT2D eigenvalue weighted by Gasteiger charge is 2.30. The molecule has 0 fully saturated rings. The van der Waals surface area contributed by atoms with Gasteiger partial charge in [0.2, 0.25) is 0 Å². The first-order valence-electron chi connectivity index (χ1n) is 42.9. The van der Waals surface area contributed by atoms with E-state index >= 15 is 0 Å². The van der Waals surface area contributed by atoms with Crippen LogP contribution >= 0.6 is 15.6 Å². The largest absolute Gasteiger partial charge is 0.472 e. The highest BCUT2D eigenvalue weighted by Crippen LogP contribution is 2.45. The molecule has 0 saturated carbocycles. The summed E-state index contributed by atoms with van der Waals surface area (Å²) in [5, 5.41) is 10.7. The summed E-state index contributed by atoms with van der Waals surface area (Å²) in [5.41, 5.74) is 0. The van der Waals surface area contributed by atoms with Crippen LogP contribution < -0.4 is 0 Å². The third kappa shape index (κ3) is 76.0. The van der Waals surface area contributed by atoms with Gasteiger partial charge in [-0.1, -0.05) is 374 Å². The lowest BCUT2D eigenvalue weighted by atomic mass is 10.0. The van der Waals surface area contributed by atoms with Gasteiger partial charge in [0.05, 0.1) is 26.4 Å². The number of ether oxygens (including phenoxy) is 4. The van der Waals surface area contributed by atoms with Gasteiger partial charge in [0, 0.05) is 25.7 Å². The summed E-state index contributed by atoms with van der Waals surface area (Å²) < 4.78 is 68.8. The Kier molecular flexibility index (Phi) is 75.3.